The molecule has 21 heavy (non-hydrogen) atoms. The molecule has 1 aliphatic heterocycles. The molecule has 0 radical (unpaired) electrons. The Hall–Kier alpha value is -1.09. The summed E-state index contributed by atoms with van der Waals surface area (Å²) >= 11 is 0. The predicted molar refractivity (Wildman–Crippen MR) is 88.2 cm³/mol. The Morgan fingerprint density at radius 3 is 2.76 bits per heavy atom. The summed E-state index contributed by atoms with van der Waals surface area (Å²) in [6.07, 6.45) is 3.41. The maximum absolute atomic E-state index is 14.5. The Kier molecular flexibility index (Phi) is 5.63. The first-order chi connectivity index (χ1) is 10.0. The lowest BCUT2D eigenvalue weighted by Gasteiger charge is -2.32. The van der Waals surface area contributed by atoms with Gasteiger partial charge in [0.05, 0.1) is 5.69 Å². The van der Waals surface area contributed by atoms with Crippen LogP contribution in [0.3, 0.4) is 0 Å². The van der Waals surface area contributed by atoms with Gasteiger partial charge in [0.2, 0.25) is 0 Å². The molecule has 1 heterocycles. The molecule has 3 heteroatoms. The second-order valence-electron chi connectivity index (χ2n) is 6.67. The van der Waals surface area contributed by atoms with Gasteiger partial charge in [-0.2, -0.15) is 0 Å². The lowest BCUT2D eigenvalue weighted by atomic mass is 10.1. The summed E-state index contributed by atoms with van der Waals surface area (Å²) in [5, 5.41) is 3.45. The van der Waals surface area contributed by atoms with Gasteiger partial charge in [-0.3, -0.25) is 0 Å². The van der Waals surface area contributed by atoms with E-state index >= 15 is 0 Å². The summed E-state index contributed by atoms with van der Waals surface area (Å²) in [7, 11) is 0. The van der Waals surface area contributed by atoms with E-state index in [9.17, 15) is 4.39 Å². The zero-order valence-corrected chi connectivity index (χ0v) is 13.8. The summed E-state index contributed by atoms with van der Waals surface area (Å²) in [4.78, 5) is 2.32. The minimum absolute atomic E-state index is 0.0777. The van der Waals surface area contributed by atoms with E-state index in [1.54, 1.807) is 6.07 Å². The molecule has 0 aliphatic carbocycles. The highest BCUT2D eigenvalue weighted by Gasteiger charge is 2.32. The van der Waals surface area contributed by atoms with E-state index in [-0.39, 0.29) is 5.82 Å². The lowest BCUT2D eigenvalue weighted by Crippen LogP contribution is -2.36. The van der Waals surface area contributed by atoms with Crippen LogP contribution in [-0.4, -0.2) is 18.6 Å². The van der Waals surface area contributed by atoms with E-state index in [0.29, 0.717) is 18.0 Å². The number of nitrogens with zero attached hydrogens (tertiary/aromatic N) is 1. The number of hydrogen-bond donors (Lipinski definition) is 1. The molecule has 1 saturated heterocycles. The van der Waals surface area contributed by atoms with Gasteiger partial charge in [0.25, 0.3) is 0 Å². The normalized spacial score (nSPS) is 22.3. The van der Waals surface area contributed by atoms with E-state index in [4.69, 9.17) is 0 Å². The minimum Gasteiger partial charge on any atom is -0.363 e. The van der Waals surface area contributed by atoms with E-state index in [0.717, 1.165) is 37.2 Å². The van der Waals surface area contributed by atoms with E-state index in [1.807, 2.05) is 6.07 Å². The number of halogens is 1. The first kappa shape index (κ1) is 16.3. The topological polar surface area (TPSA) is 15.3 Å². The van der Waals surface area contributed by atoms with Crippen molar-refractivity contribution >= 4 is 5.69 Å². The van der Waals surface area contributed by atoms with Crippen molar-refractivity contribution in [3.8, 4) is 0 Å². The van der Waals surface area contributed by atoms with Gasteiger partial charge in [0.1, 0.15) is 5.82 Å². The van der Waals surface area contributed by atoms with Gasteiger partial charge < -0.3 is 10.2 Å². The van der Waals surface area contributed by atoms with Crippen LogP contribution in [-0.2, 0) is 6.54 Å². The first-order valence-corrected chi connectivity index (χ1v) is 8.31. The predicted octanol–water partition coefficient (Wildman–Crippen LogP) is 4.34. The zero-order valence-electron chi connectivity index (χ0n) is 13.8. The van der Waals surface area contributed by atoms with Crippen molar-refractivity contribution in [2.24, 2.45) is 5.92 Å². The zero-order chi connectivity index (χ0) is 15.4. The van der Waals surface area contributed by atoms with Crippen molar-refractivity contribution in [3.05, 3.63) is 29.6 Å². The fourth-order valence-corrected chi connectivity index (χ4v) is 3.36. The molecule has 2 nitrogen and oxygen atoms in total. The maximum Gasteiger partial charge on any atom is 0.146 e. The van der Waals surface area contributed by atoms with E-state index in [1.165, 1.54) is 6.42 Å². The van der Waals surface area contributed by atoms with Crippen LogP contribution in [0, 0.1) is 11.7 Å². The molecule has 0 spiro atoms. The Morgan fingerprint density at radius 1 is 1.33 bits per heavy atom. The molecule has 1 fully saturated rings. The molecule has 1 aromatic carbocycles. The summed E-state index contributed by atoms with van der Waals surface area (Å²) in [6.45, 7) is 10.5. The smallest absolute Gasteiger partial charge is 0.146 e. The number of benzene rings is 1. The lowest BCUT2D eigenvalue weighted by molar-refractivity contribution is 0.543. The molecular formula is C18H29FN2. The van der Waals surface area contributed by atoms with Gasteiger partial charge in [-0.15, -0.1) is 0 Å². The van der Waals surface area contributed by atoms with Crippen LogP contribution in [0.1, 0.15) is 52.5 Å². The Labute approximate surface area is 128 Å². The summed E-state index contributed by atoms with van der Waals surface area (Å²) < 4.78 is 14.5. The van der Waals surface area contributed by atoms with Crippen molar-refractivity contribution < 1.29 is 4.39 Å². The third-order valence-corrected chi connectivity index (χ3v) is 4.45. The van der Waals surface area contributed by atoms with Crippen LogP contribution in [0.2, 0.25) is 0 Å². The van der Waals surface area contributed by atoms with Gasteiger partial charge in [0, 0.05) is 18.6 Å². The van der Waals surface area contributed by atoms with Gasteiger partial charge >= 0.3 is 0 Å². The third kappa shape index (κ3) is 3.76. The molecule has 1 aliphatic rings. The molecule has 2 unspecified atom stereocenters. The van der Waals surface area contributed by atoms with Crippen LogP contribution in [0.25, 0.3) is 0 Å². The van der Waals surface area contributed by atoms with Crippen molar-refractivity contribution in [3.63, 3.8) is 0 Å². The fraction of sp³-hybridized carbons (Fsp3) is 0.667. The molecule has 0 saturated carbocycles. The first-order valence-electron chi connectivity index (χ1n) is 8.31. The number of anilines is 1. The molecule has 0 bridgehead atoms. The average molecular weight is 292 g/mol. The largest absolute Gasteiger partial charge is 0.363 e. The SMILES string of the molecule is CCC1CCC(C)N1c1c(F)cccc1CNCC(C)C. The molecule has 2 rings (SSSR count). The van der Waals surface area contributed by atoms with Gasteiger partial charge in [0.15, 0.2) is 0 Å². The van der Waals surface area contributed by atoms with Crippen LogP contribution in [0.15, 0.2) is 18.2 Å². The second kappa shape index (κ2) is 7.26. The van der Waals surface area contributed by atoms with Gasteiger partial charge in [-0.1, -0.05) is 32.9 Å². The molecule has 1 aromatic rings. The van der Waals surface area contributed by atoms with Crippen molar-refractivity contribution in [1.82, 2.24) is 5.32 Å². The Morgan fingerprint density at radius 2 is 2.10 bits per heavy atom. The van der Waals surface area contributed by atoms with E-state index in [2.05, 4.69) is 44.0 Å². The Balaban J connectivity index is 2.24. The molecule has 0 aromatic heterocycles. The fourth-order valence-electron chi connectivity index (χ4n) is 3.36. The maximum atomic E-state index is 14.5. The summed E-state index contributed by atoms with van der Waals surface area (Å²) in [6, 6.07) is 6.38. The quantitative estimate of drug-likeness (QED) is 0.839. The monoisotopic (exact) mass is 292 g/mol. The number of para-hydroxylation sites is 1. The van der Waals surface area contributed by atoms with Crippen LogP contribution in [0.4, 0.5) is 10.1 Å². The van der Waals surface area contributed by atoms with Crippen molar-refractivity contribution in [2.75, 3.05) is 11.4 Å². The highest BCUT2D eigenvalue weighted by molar-refractivity contribution is 5.57. The van der Waals surface area contributed by atoms with Gasteiger partial charge in [-0.25, -0.2) is 4.39 Å². The van der Waals surface area contributed by atoms with Crippen molar-refractivity contribution in [2.45, 2.75) is 65.6 Å². The van der Waals surface area contributed by atoms with Crippen LogP contribution in [0.5, 0.6) is 0 Å². The molecule has 1 N–H and O–H groups in total. The average Bonchev–Trinajstić information content (AvgIpc) is 2.80. The highest BCUT2D eigenvalue weighted by atomic mass is 19.1. The van der Waals surface area contributed by atoms with Crippen molar-refractivity contribution in [1.29, 1.82) is 0 Å². The summed E-state index contributed by atoms with van der Waals surface area (Å²) in [5.41, 5.74) is 1.91. The van der Waals surface area contributed by atoms with Crippen LogP contribution >= 0.6 is 0 Å². The molecule has 118 valence electrons. The number of hydrogen-bond acceptors (Lipinski definition) is 2. The summed E-state index contributed by atoms with van der Waals surface area (Å²) in [5.74, 6) is 0.530. The minimum atomic E-state index is -0.0777. The number of rotatable bonds is 6. The molecule has 2 atom stereocenters. The highest BCUT2D eigenvalue weighted by Crippen LogP contribution is 2.36. The Bertz CT molecular complexity index is 459. The third-order valence-electron chi connectivity index (χ3n) is 4.45. The number of nitrogens with one attached hydrogen (secondary N) is 1. The van der Waals surface area contributed by atoms with E-state index < -0.39 is 0 Å². The van der Waals surface area contributed by atoms with Gasteiger partial charge in [-0.05, 0) is 50.3 Å². The second-order valence-corrected chi connectivity index (χ2v) is 6.67. The molecular weight excluding hydrogens is 263 g/mol. The standard InChI is InChI=1S/C18H29FN2/c1-5-16-10-9-14(4)21(16)18-15(7-6-8-17(18)19)12-20-11-13(2)3/h6-8,13-14,16,20H,5,9-12H2,1-4H3. The molecule has 0 amide bonds. The van der Waals surface area contributed by atoms with Crippen LogP contribution < -0.4 is 10.2 Å².